The summed E-state index contributed by atoms with van der Waals surface area (Å²) < 4.78 is 0. The molecule has 1 aliphatic carbocycles. The van der Waals surface area contributed by atoms with Crippen LogP contribution in [0.1, 0.15) is 39.5 Å². The number of benzene rings is 1. The van der Waals surface area contributed by atoms with Crippen molar-refractivity contribution in [2.45, 2.75) is 61.8 Å². The van der Waals surface area contributed by atoms with Gasteiger partial charge in [0, 0.05) is 22.7 Å². The smallest absolute Gasteiger partial charge is 0.191 e. The molecule has 0 aromatic heterocycles. The fourth-order valence-electron chi connectivity index (χ4n) is 2.72. The Morgan fingerprint density at radius 1 is 1.25 bits per heavy atom. The maximum Gasteiger partial charge on any atom is 0.191 e. The molecule has 2 rings (SSSR count). The SMILES string of the molecule is CCNC(=NCC(C)Sc1ccccc1)NC1CCC(O)CC1.I. The molecule has 1 aliphatic rings. The van der Waals surface area contributed by atoms with Crippen molar-refractivity contribution in [3.05, 3.63) is 30.3 Å². The van der Waals surface area contributed by atoms with Gasteiger partial charge in [0.15, 0.2) is 5.96 Å². The highest BCUT2D eigenvalue weighted by Crippen LogP contribution is 2.22. The number of nitrogens with zero attached hydrogens (tertiary/aromatic N) is 1. The maximum absolute atomic E-state index is 9.60. The molecule has 0 aliphatic heterocycles. The Balaban J connectivity index is 0.00000288. The lowest BCUT2D eigenvalue weighted by molar-refractivity contribution is 0.120. The second-order valence-corrected chi connectivity index (χ2v) is 7.62. The molecule has 3 N–H and O–H groups in total. The number of aliphatic hydroxyl groups excluding tert-OH is 1. The van der Waals surface area contributed by atoms with E-state index in [0.29, 0.717) is 11.3 Å². The van der Waals surface area contributed by atoms with Crippen molar-refractivity contribution in [1.82, 2.24) is 10.6 Å². The van der Waals surface area contributed by atoms with E-state index < -0.39 is 0 Å². The first-order valence-corrected chi connectivity index (χ1v) is 9.50. The van der Waals surface area contributed by atoms with Gasteiger partial charge < -0.3 is 15.7 Å². The number of hydrogen-bond acceptors (Lipinski definition) is 3. The molecule has 0 radical (unpaired) electrons. The van der Waals surface area contributed by atoms with Crippen LogP contribution < -0.4 is 10.6 Å². The average Bonchev–Trinajstić information content (AvgIpc) is 2.56. The molecule has 0 saturated heterocycles. The highest BCUT2D eigenvalue weighted by Gasteiger charge is 2.20. The van der Waals surface area contributed by atoms with Crippen molar-refractivity contribution >= 4 is 41.7 Å². The molecule has 1 fully saturated rings. The molecule has 0 spiro atoms. The van der Waals surface area contributed by atoms with Crippen molar-refractivity contribution in [3.8, 4) is 0 Å². The molecule has 24 heavy (non-hydrogen) atoms. The number of aliphatic hydroxyl groups is 1. The number of nitrogens with one attached hydrogen (secondary N) is 2. The van der Waals surface area contributed by atoms with Gasteiger partial charge in [-0.2, -0.15) is 0 Å². The zero-order valence-corrected chi connectivity index (χ0v) is 17.7. The first kappa shape index (κ1) is 21.6. The van der Waals surface area contributed by atoms with Gasteiger partial charge in [-0.15, -0.1) is 35.7 Å². The lowest BCUT2D eigenvalue weighted by atomic mass is 9.93. The molecule has 1 aromatic carbocycles. The molecule has 1 aromatic rings. The highest BCUT2D eigenvalue weighted by molar-refractivity contribution is 14.0. The van der Waals surface area contributed by atoms with Crippen LogP contribution in [0.15, 0.2) is 40.2 Å². The van der Waals surface area contributed by atoms with Crippen molar-refractivity contribution in [3.63, 3.8) is 0 Å². The lowest BCUT2D eigenvalue weighted by Gasteiger charge is -2.27. The van der Waals surface area contributed by atoms with E-state index in [-0.39, 0.29) is 30.1 Å². The second kappa shape index (κ2) is 12.0. The number of hydrogen-bond donors (Lipinski definition) is 3. The van der Waals surface area contributed by atoms with Crippen LogP contribution in [0, 0.1) is 0 Å². The number of halogens is 1. The van der Waals surface area contributed by atoms with Crippen LogP contribution in [0.25, 0.3) is 0 Å². The first-order valence-electron chi connectivity index (χ1n) is 8.62. The molecule has 0 amide bonds. The summed E-state index contributed by atoms with van der Waals surface area (Å²) in [5.41, 5.74) is 0. The Labute approximate surface area is 167 Å². The number of thioether (sulfide) groups is 1. The van der Waals surface area contributed by atoms with Gasteiger partial charge in [-0.3, -0.25) is 4.99 Å². The topological polar surface area (TPSA) is 56.7 Å². The predicted octanol–water partition coefficient (Wildman–Crippen LogP) is 3.64. The van der Waals surface area contributed by atoms with E-state index in [1.54, 1.807) is 0 Å². The van der Waals surface area contributed by atoms with E-state index in [1.165, 1.54) is 4.90 Å². The van der Waals surface area contributed by atoms with Crippen molar-refractivity contribution in [1.29, 1.82) is 0 Å². The van der Waals surface area contributed by atoms with Gasteiger partial charge in [0.1, 0.15) is 0 Å². The summed E-state index contributed by atoms with van der Waals surface area (Å²) in [4.78, 5) is 6.02. The minimum absolute atomic E-state index is 0. The third-order valence-electron chi connectivity index (χ3n) is 3.97. The monoisotopic (exact) mass is 463 g/mol. The number of guanidine groups is 1. The minimum Gasteiger partial charge on any atom is -0.393 e. The third kappa shape index (κ3) is 8.07. The Morgan fingerprint density at radius 3 is 2.54 bits per heavy atom. The van der Waals surface area contributed by atoms with Crippen LogP contribution in [-0.4, -0.2) is 41.6 Å². The largest absolute Gasteiger partial charge is 0.393 e. The highest BCUT2D eigenvalue weighted by atomic mass is 127. The van der Waals surface area contributed by atoms with Gasteiger partial charge >= 0.3 is 0 Å². The Morgan fingerprint density at radius 2 is 1.92 bits per heavy atom. The van der Waals surface area contributed by atoms with Gasteiger partial charge in [0.2, 0.25) is 0 Å². The summed E-state index contributed by atoms with van der Waals surface area (Å²) in [7, 11) is 0. The van der Waals surface area contributed by atoms with Crippen LogP contribution >= 0.6 is 35.7 Å². The molecule has 6 heteroatoms. The Bertz CT molecular complexity index is 478. The van der Waals surface area contributed by atoms with Gasteiger partial charge in [-0.05, 0) is 44.7 Å². The summed E-state index contributed by atoms with van der Waals surface area (Å²) in [5.74, 6) is 0.898. The minimum atomic E-state index is -0.116. The van der Waals surface area contributed by atoms with Crippen molar-refractivity contribution in [2.24, 2.45) is 4.99 Å². The van der Waals surface area contributed by atoms with Crippen LogP contribution in [0.3, 0.4) is 0 Å². The zero-order valence-electron chi connectivity index (χ0n) is 14.6. The molecular formula is C18H30IN3OS. The summed E-state index contributed by atoms with van der Waals surface area (Å²) in [6.45, 7) is 5.94. The lowest BCUT2D eigenvalue weighted by Crippen LogP contribution is -2.45. The average molecular weight is 463 g/mol. The van der Waals surface area contributed by atoms with Crippen molar-refractivity contribution in [2.75, 3.05) is 13.1 Å². The summed E-state index contributed by atoms with van der Waals surface area (Å²) in [5, 5.41) is 16.9. The van der Waals surface area contributed by atoms with E-state index in [0.717, 1.165) is 44.7 Å². The molecule has 1 unspecified atom stereocenters. The van der Waals surface area contributed by atoms with Gasteiger partial charge in [0.25, 0.3) is 0 Å². The third-order valence-corrected chi connectivity index (χ3v) is 5.06. The Hall–Kier alpha value is -0.470. The molecule has 1 saturated carbocycles. The molecule has 0 bridgehead atoms. The maximum atomic E-state index is 9.60. The first-order chi connectivity index (χ1) is 11.2. The zero-order chi connectivity index (χ0) is 16.5. The fraction of sp³-hybridized carbons (Fsp3) is 0.611. The second-order valence-electron chi connectivity index (χ2n) is 6.11. The summed E-state index contributed by atoms with van der Waals surface area (Å²) in [6, 6.07) is 10.9. The predicted molar refractivity (Wildman–Crippen MR) is 115 cm³/mol. The normalized spacial score (nSPS) is 22.4. The summed E-state index contributed by atoms with van der Waals surface area (Å²) >= 11 is 1.85. The van der Waals surface area contributed by atoms with Gasteiger partial charge in [-0.1, -0.05) is 25.1 Å². The fourth-order valence-corrected chi connectivity index (χ4v) is 3.65. The van der Waals surface area contributed by atoms with Crippen molar-refractivity contribution < 1.29 is 5.11 Å². The van der Waals surface area contributed by atoms with E-state index in [4.69, 9.17) is 4.99 Å². The Kier molecular flexibility index (Phi) is 10.8. The van der Waals surface area contributed by atoms with Crippen LogP contribution in [0.2, 0.25) is 0 Å². The molecule has 1 atom stereocenters. The van der Waals surface area contributed by atoms with E-state index in [9.17, 15) is 5.11 Å². The van der Waals surface area contributed by atoms with Crippen LogP contribution in [0.5, 0.6) is 0 Å². The number of aliphatic imine (C=N–C) groups is 1. The quantitative estimate of drug-likeness (QED) is 0.261. The van der Waals surface area contributed by atoms with E-state index in [1.807, 2.05) is 17.8 Å². The summed E-state index contributed by atoms with van der Waals surface area (Å²) in [6.07, 6.45) is 3.68. The number of rotatable bonds is 6. The van der Waals surface area contributed by atoms with Gasteiger partial charge in [0.05, 0.1) is 12.6 Å². The molecule has 0 heterocycles. The molecule has 4 nitrogen and oxygen atoms in total. The van der Waals surface area contributed by atoms with Gasteiger partial charge in [-0.25, -0.2) is 0 Å². The van der Waals surface area contributed by atoms with Crippen LogP contribution in [0.4, 0.5) is 0 Å². The molecule has 136 valence electrons. The van der Waals surface area contributed by atoms with Crippen LogP contribution in [-0.2, 0) is 0 Å². The van der Waals surface area contributed by atoms with E-state index >= 15 is 0 Å². The standard InChI is InChI=1S/C18H29N3OS.HI/c1-3-19-18(21-15-9-11-16(22)12-10-15)20-13-14(2)23-17-7-5-4-6-8-17;/h4-8,14-16,22H,3,9-13H2,1-2H3,(H2,19,20,21);1H. The van der Waals surface area contributed by atoms with E-state index in [2.05, 4.69) is 48.7 Å². The molecular weight excluding hydrogens is 433 g/mol.